The molecule has 1 aromatic rings. The molecule has 0 aliphatic carbocycles. The first-order chi connectivity index (χ1) is 10.4. The van der Waals surface area contributed by atoms with E-state index in [1.165, 1.54) is 10.5 Å². The fourth-order valence-corrected chi connectivity index (χ4v) is 3.35. The molecule has 1 N–H and O–H groups in total. The molecule has 7 nitrogen and oxygen atoms in total. The second-order valence-corrected chi connectivity index (χ2v) is 6.58. The lowest BCUT2D eigenvalue weighted by Gasteiger charge is -2.23. The summed E-state index contributed by atoms with van der Waals surface area (Å²) in [6, 6.07) is -0.356. The highest BCUT2D eigenvalue weighted by Gasteiger charge is 2.54. The molecule has 3 amide bonds. The van der Waals surface area contributed by atoms with Crippen LogP contribution in [0, 0.1) is 0 Å². The average Bonchev–Trinajstić information content (AvgIpc) is 3.09. The van der Waals surface area contributed by atoms with Crippen LogP contribution in [0.5, 0.6) is 0 Å². The van der Waals surface area contributed by atoms with Crippen molar-refractivity contribution in [3.05, 3.63) is 18.0 Å². The maximum absolute atomic E-state index is 12.6. The number of carbonyl (C=O) groups is 2. The van der Waals surface area contributed by atoms with Crippen molar-refractivity contribution in [2.75, 3.05) is 19.6 Å². The quantitative estimate of drug-likeness (QED) is 0.816. The number of amides is 3. The molecular weight excluding hydrogens is 282 g/mol. The third kappa shape index (κ3) is 2.49. The topological polar surface area (TPSA) is 70.5 Å². The van der Waals surface area contributed by atoms with E-state index in [9.17, 15) is 9.59 Å². The van der Waals surface area contributed by atoms with Gasteiger partial charge in [-0.2, -0.15) is 5.10 Å². The second-order valence-electron chi connectivity index (χ2n) is 6.58. The molecular formula is C15H23N5O2. The lowest BCUT2D eigenvalue weighted by Crippen LogP contribution is -2.49. The third-order valence-corrected chi connectivity index (χ3v) is 4.53. The van der Waals surface area contributed by atoms with Gasteiger partial charge in [0.25, 0.3) is 5.91 Å². The summed E-state index contributed by atoms with van der Waals surface area (Å²) < 4.78 is 1.79. The van der Waals surface area contributed by atoms with Crippen LogP contribution in [-0.2, 0) is 18.3 Å². The number of carbonyl (C=O) groups excluding carboxylic acids is 2. The van der Waals surface area contributed by atoms with Crippen molar-refractivity contribution in [1.29, 1.82) is 0 Å². The standard InChI is InChI=1S/C15H23N5O2/c1-11(2)20-13(21)15(17-14(20)22)5-7-19(10-15)6-4-12-8-16-18(3)9-12/h8-9,11H,4-7,10H2,1-3H3,(H,17,22)/t15-/m1/s1. The van der Waals surface area contributed by atoms with E-state index in [1.807, 2.05) is 33.3 Å². The van der Waals surface area contributed by atoms with Crippen molar-refractivity contribution in [1.82, 2.24) is 24.9 Å². The van der Waals surface area contributed by atoms with Gasteiger partial charge in [0.05, 0.1) is 6.20 Å². The Hall–Kier alpha value is -1.89. The molecule has 3 rings (SSSR count). The first kappa shape index (κ1) is 15.0. The van der Waals surface area contributed by atoms with Gasteiger partial charge in [-0.1, -0.05) is 0 Å². The first-order valence-corrected chi connectivity index (χ1v) is 7.77. The summed E-state index contributed by atoms with van der Waals surface area (Å²) in [5.41, 5.74) is 0.477. The number of nitrogens with zero attached hydrogens (tertiary/aromatic N) is 4. The van der Waals surface area contributed by atoms with Crippen LogP contribution in [-0.4, -0.2) is 62.7 Å². The molecule has 3 heterocycles. The highest BCUT2D eigenvalue weighted by atomic mass is 16.2. The highest BCUT2D eigenvalue weighted by molar-refractivity contribution is 6.07. The molecule has 0 radical (unpaired) electrons. The molecule has 2 saturated heterocycles. The summed E-state index contributed by atoms with van der Waals surface area (Å²) in [6.07, 6.45) is 5.47. The number of aromatic nitrogens is 2. The number of likely N-dealkylation sites (tertiary alicyclic amines) is 1. The van der Waals surface area contributed by atoms with Crippen LogP contribution < -0.4 is 5.32 Å². The Morgan fingerprint density at radius 2 is 2.18 bits per heavy atom. The summed E-state index contributed by atoms with van der Waals surface area (Å²) in [5, 5.41) is 7.09. The molecule has 1 atom stereocenters. The monoisotopic (exact) mass is 305 g/mol. The van der Waals surface area contributed by atoms with Crippen LogP contribution in [0.2, 0.25) is 0 Å². The van der Waals surface area contributed by atoms with E-state index in [1.54, 1.807) is 4.68 Å². The van der Waals surface area contributed by atoms with Gasteiger partial charge in [-0.3, -0.25) is 14.4 Å². The molecule has 2 aliphatic heterocycles. The van der Waals surface area contributed by atoms with Crippen molar-refractivity contribution in [2.24, 2.45) is 7.05 Å². The van der Waals surface area contributed by atoms with Crippen LogP contribution in [0.1, 0.15) is 25.8 Å². The van der Waals surface area contributed by atoms with Gasteiger partial charge in [0.1, 0.15) is 5.54 Å². The Morgan fingerprint density at radius 1 is 1.41 bits per heavy atom. The van der Waals surface area contributed by atoms with Crippen LogP contribution in [0.3, 0.4) is 0 Å². The molecule has 0 unspecified atom stereocenters. The number of imide groups is 1. The number of hydrogen-bond acceptors (Lipinski definition) is 4. The van der Waals surface area contributed by atoms with E-state index < -0.39 is 5.54 Å². The Bertz CT molecular complexity index is 597. The normalized spacial score (nSPS) is 25.7. The summed E-state index contributed by atoms with van der Waals surface area (Å²) >= 11 is 0. The lowest BCUT2D eigenvalue weighted by atomic mass is 9.98. The predicted molar refractivity (Wildman–Crippen MR) is 81.2 cm³/mol. The van der Waals surface area contributed by atoms with Crippen molar-refractivity contribution in [3.8, 4) is 0 Å². The Morgan fingerprint density at radius 3 is 2.77 bits per heavy atom. The summed E-state index contributed by atoms with van der Waals surface area (Å²) in [6.45, 7) is 6.04. The van der Waals surface area contributed by atoms with E-state index >= 15 is 0 Å². The highest BCUT2D eigenvalue weighted by Crippen LogP contribution is 2.29. The third-order valence-electron chi connectivity index (χ3n) is 4.53. The van der Waals surface area contributed by atoms with Gasteiger partial charge in [-0.15, -0.1) is 0 Å². The van der Waals surface area contributed by atoms with Gasteiger partial charge in [-0.25, -0.2) is 4.79 Å². The second kappa shape index (κ2) is 5.39. The molecule has 2 aliphatic rings. The smallest absolute Gasteiger partial charge is 0.322 e. The van der Waals surface area contributed by atoms with Gasteiger partial charge in [0, 0.05) is 38.9 Å². The van der Waals surface area contributed by atoms with Gasteiger partial charge in [-0.05, 0) is 32.3 Å². The van der Waals surface area contributed by atoms with Crippen LogP contribution in [0.15, 0.2) is 12.4 Å². The van der Waals surface area contributed by atoms with E-state index in [0.717, 1.165) is 19.5 Å². The lowest BCUT2D eigenvalue weighted by molar-refractivity contribution is -0.132. The van der Waals surface area contributed by atoms with E-state index in [2.05, 4.69) is 15.3 Å². The molecule has 1 spiro atoms. The number of rotatable bonds is 4. The zero-order chi connectivity index (χ0) is 15.9. The van der Waals surface area contributed by atoms with E-state index in [4.69, 9.17) is 0 Å². The minimum absolute atomic E-state index is 0.0728. The molecule has 0 saturated carbocycles. The Labute approximate surface area is 130 Å². The molecule has 0 aromatic carbocycles. The molecule has 1 aromatic heterocycles. The maximum atomic E-state index is 12.6. The number of nitrogens with one attached hydrogen (secondary N) is 1. The predicted octanol–water partition coefficient (Wildman–Crippen LogP) is 0.367. The van der Waals surface area contributed by atoms with Crippen LogP contribution in [0.4, 0.5) is 4.79 Å². The minimum Gasteiger partial charge on any atom is -0.322 e. The minimum atomic E-state index is -0.712. The Kier molecular flexibility index (Phi) is 3.68. The van der Waals surface area contributed by atoms with E-state index in [0.29, 0.717) is 13.0 Å². The van der Waals surface area contributed by atoms with Crippen molar-refractivity contribution >= 4 is 11.9 Å². The molecule has 2 fully saturated rings. The zero-order valence-corrected chi connectivity index (χ0v) is 13.4. The van der Waals surface area contributed by atoms with Gasteiger partial charge in [0.2, 0.25) is 0 Å². The number of urea groups is 1. The molecule has 120 valence electrons. The van der Waals surface area contributed by atoms with Gasteiger partial charge < -0.3 is 10.2 Å². The van der Waals surface area contributed by atoms with Crippen molar-refractivity contribution in [2.45, 2.75) is 38.3 Å². The maximum Gasteiger partial charge on any atom is 0.325 e. The van der Waals surface area contributed by atoms with Crippen LogP contribution >= 0.6 is 0 Å². The number of hydrogen-bond donors (Lipinski definition) is 1. The van der Waals surface area contributed by atoms with Crippen molar-refractivity contribution in [3.63, 3.8) is 0 Å². The summed E-state index contributed by atoms with van der Waals surface area (Å²) in [4.78, 5) is 28.2. The zero-order valence-electron chi connectivity index (χ0n) is 13.4. The van der Waals surface area contributed by atoms with Gasteiger partial charge >= 0.3 is 6.03 Å². The van der Waals surface area contributed by atoms with Crippen LogP contribution in [0.25, 0.3) is 0 Å². The van der Waals surface area contributed by atoms with Gasteiger partial charge in [0.15, 0.2) is 0 Å². The largest absolute Gasteiger partial charge is 0.325 e. The molecule has 7 heteroatoms. The van der Waals surface area contributed by atoms with E-state index in [-0.39, 0.29) is 18.0 Å². The Balaban J connectivity index is 1.62. The molecule has 22 heavy (non-hydrogen) atoms. The fourth-order valence-electron chi connectivity index (χ4n) is 3.35. The fraction of sp³-hybridized carbons (Fsp3) is 0.667. The molecule has 0 bridgehead atoms. The average molecular weight is 305 g/mol. The summed E-state index contributed by atoms with van der Waals surface area (Å²) in [7, 11) is 1.90. The van der Waals surface area contributed by atoms with Crippen molar-refractivity contribution < 1.29 is 9.59 Å². The first-order valence-electron chi connectivity index (χ1n) is 7.77. The summed E-state index contributed by atoms with van der Waals surface area (Å²) in [5.74, 6) is -0.0728. The SMILES string of the molecule is CC(C)N1C(=O)N[C@@]2(CCN(CCc3cnn(C)c3)C2)C1=O. The number of aryl methyl sites for hydroxylation is 1.